The molecule has 1 unspecified atom stereocenters. The van der Waals surface area contributed by atoms with Gasteiger partial charge in [0.2, 0.25) is 5.91 Å². The summed E-state index contributed by atoms with van der Waals surface area (Å²) in [6.45, 7) is 4.41. The molecule has 43 heavy (non-hydrogen) atoms. The number of alkyl halides is 4. The molecule has 5 rings (SSSR count). The molecule has 0 bridgehead atoms. The third kappa shape index (κ3) is 6.16. The highest BCUT2D eigenvalue weighted by molar-refractivity contribution is 5.96. The number of aryl methyl sites for hydroxylation is 1. The van der Waals surface area contributed by atoms with Gasteiger partial charge in [0.15, 0.2) is 11.5 Å². The van der Waals surface area contributed by atoms with E-state index in [2.05, 4.69) is 20.4 Å². The highest BCUT2D eigenvalue weighted by Crippen LogP contribution is 2.32. The van der Waals surface area contributed by atoms with Crippen molar-refractivity contribution in [2.24, 2.45) is 5.73 Å². The molecule has 4 aromatic rings. The molecule has 228 valence electrons. The van der Waals surface area contributed by atoms with Gasteiger partial charge in [-0.25, -0.2) is 27.5 Å². The molecule has 1 aromatic carbocycles. The van der Waals surface area contributed by atoms with Crippen LogP contribution in [0.1, 0.15) is 41.9 Å². The molecular formula is C28H31F4N9O2. The standard InChI is InChI=1S/C28H31F4N9O2/c1-3-17-12-18(4-5-19(17)28(43)39-10-8-38(9-11-39)27(42)16(2)33)36-25-26-35-13-21(41(26)7-6-34-25)20-14-40(15-22(29)30)37-23(20)24(31)32/h4-7,12-14,16,22,24H,3,8-11,15,33H2,1-2H3,(H,34,36). The van der Waals surface area contributed by atoms with Gasteiger partial charge in [0.25, 0.3) is 18.8 Å². The first-order chi connectivity index (χ1) is 20.6. The summed E-state index contributed by atoms with van der Waals surface area (Å²) in [4.78, 5) is 37.6. The Balaban J connectivity index is 1.37. The molecule has 0 aliphatic carbocycles. The fourth-order valence-electron chi connectivity index (χ4n) is 5.13. The molecule has 1 atom stereocenters. The van der Waals surface area contributed by atoms with Gasteiger partial charge in [0.05, 0.1) is 17.9 Å². The second-order valence-electron chi connectivity index (χ2n) is 10.2. The highest BCUT2D eigenvalue weighted by Gasteiger charge is 2.27. The second-order valence-corrected chi connectivity index (χ2v) is 10.2. The van der Waals surface area contributed by atoms with Crippen molar-refractivity contribution in [1.29, 1.82) is 0 Å². The van der Waals surface area contributed by atoms with Crippen molar-refractivity contribution in [2.45, 2.75) is 45.7 Å². The van der Waals surface area contributed by atoms with Crippen LogP contribution in [-0.2, 0) is 17.8 Å². The average molecular weight is 602 g/mol. The summed E-state index contributed by atoms with van der Waals surface area (Å²) in [6, 6.07) is 4.71. The number of nitrogens with one attached hydrogen (secondary N) is 1. The van der Waals surface area contributed by atoms with Crippen molar-refractivity contribution in [1.82, 2.24) is 33.9 Å². The summed E-state index contributed by atoms with van der Waals surface area (Å²) < 4.78 is 55.5. The van der Waals surface area contributed by atoms with Crippen LogP contribution < -0.4 is 11.1 Å². The lowest BCUT2D eigenvalue weighted by atomic mass is 10.0. The van der Waals surface area contributed by atoms with Crippen LogP contribution in [0.2, 0.25) is 0 Å². The van der Waals surface area contributed by atoms with Gasteiger partial charge >= 0.3 is 0 Å². The number of fused-ring (bicyclic) bond motifs is 1. The lowest BCUT2D eigenvalue weighted by molar-refractivity contribution is -0.133. The molecule has 2 amide bonds. The number of hydrogen-bond acceptors (Lipinski definition) is 7. The number of rotatable bonds is 9. The molecule has 1 fully saturated rings. The number of nitrogens with zero attached hydrogens (tertiary/aromatic N) is 7. The van der Waals surface area contributed by atoms with E-state index in [9.17, 15) is 27.2 Å². The quantitative estimate of drug-likeness (QED) is 0.280. The van der Waals surface area contributed by atoms with Gasteiger partial charge in [-0.1, -0.05) is 6.92 Å². The smallest absolute Gasteiger partial charge is 0.282 e. The summed E-state index contributed by atoms with van der Waals surface area (Å²) in [5.41, 5.74) is 7.61. The van der Waals surface area contributed by atoms with Crippen molar-refractivity contribution >= 4 is 29.0 Å². The molecule has 0 saturated carbocycles. The normalized spacial score (nSPS) is 14.6. The molecule has 4 heterocycles. The summed E-state index contributed by atoms with van der Waals surface area (Å²) >= 11 is 0. The van der Waals surface area contributed by atoms with Crippen LogP contribution in [0.3, 0.4) is 0 Å². The van der Waals surface area contributed by atoms with Crippen molar-refractivity contribution in [3.05, 3.63) is 59.8 Å². The zero-order valence-corrected chi connectivity index (χ0v) is 23.6. The fraction of sp³-hybridized carbons (Fsp3) is 0.393. The fourth-order valence-corrected chi connectivity index (χ4v) is 5.13. The van der Waals surface area contributed by atoms with Gasteiger partial charge in [0, 0.05) is 61.6 Å². The van der Waals surface area contributed by atoms with E-state index in [1.54, 1.807) is 28.9 Å². The molecule has 0 spiro atoms. The predicted octanol–water partition coefficient (Wildman–Crippen LogP) is 3.73. The van der Waals surface area contributed by atoms with E-state index in [1.807, 2.05) is 13.0 Å². The predicted molar refractivity (Wildman–Crippen MR) is 150 cm³/mol. The molecule has 3 aromatic heterocycles. The number of carbonyl (C=O) groups excluding carboxylic acids is 2. The van der Waals surface area contributed by atoms with Crippen LogP contribution in [0.5, 0.6) is 0 Å². The van der Waals surface area contributed by atoms with E-state index < -0.39 is 31.1 Å². The van der Waals surface area contributed by atoms with E-state index in [4.69, 9.17) is 5.73 Å². The lowest BCUT2D eigenvalue weighted by Crippen LogP contribution is -2.53. The first kappa shape index (κ1) is 29.9. The van der Waals surface area contributed by atoms with Crippen molar-refractivity contribution in [3.8, 4) is 11.3 Å². The van der Waals surface area contributed by atoms with Crippen LogP contribution >= 0.6 is 0 Å². The molecular weight excluding hydrogens is 570 g/mol. The zero-order valence-electron chi connectivity index (χ0n) is 23.6. The maximum atomic E-state index is 13.7. The maximum Gasteiger partial charge on any atom is 0.282 e. The Labute approximate surface area is 244 Å². The summed E-state index contributed by atoms with van der Waals surface area (Å²) in [5.74, 6) is 0.0567. The minimum Gasteiger partial charge on any atom is -0.338 e. The number of halogens is 4. The number of amides is 2. The maximum absolute atomic E-state index is 13.7. The molecule has 11 nitrogen and oxygen atoms in total. The minimum absolute atomic E-state index is 0.0147. The minimum atomic E-state index is -2.98. The van der Waals surface area contributed by atoms with Crippen LogP contribution in [0, 0.1) is 0 Å². The molecule has 1 aliphatic heterocycles. The number of benzene rings is 1. The lowest BCUT2D eigenvalue weighted by Gasteiger charge is -2.35. The number of hydrogen-bond donors (Lipinski definition) is 2. The van der Waals surface area contributed by atoms with E-state index in [0.29, 0.717) is 55.3 Å². The molecule has 3 N–H and O–H groups in total. The van der Waals surface area contributed by atoms with Gasteiger partial charge in [0.1, 0.15) is 12.2 Å². The van der Waals surface area contributed by atoms with Crippen LogP contribution in [0.4, 0.5) is 29.1 Å². The summed E-state index contributed by atoms with van der Waals surface area (Å²) in [5, 5.41) is 6.84. The number of anilines is 2. The SMILES string of the molecule is CCc1cc(Nc2nccn3c(-c4cn(CC(F)F)nc4C(F)F)cnc23)ccc1C(=O)N1CCN(C(=O)C(C)N)CC1. The van der Waals surface area contributed by atoms with Crippen LogP contribution in [0.15, 0.2) is 43.0 Å². The third-order valence-corrected chi connectivity index (χ3v) is 7.27. The monoisotopic (exact) mass is 601 g/mol. The average Bonchev–Trinajstić information content (AvgIpc) is 3.61. The van der Waals surface area contributed by atoms with Crippen LogP contribution in [-0.4, -0.2) is 84.4 Å². The first-order valence-electron chi connectivity index (χ1n) is 13.8. The molecule has 0 radical (unpaired) electrons. The summed E-state index contributed by atoms with van der Waals surface area (Å²) in [7, 11) is 0. The Kier molecular flexibility index (Phi) is 8.62. The Hall–Kier alpha value is -4.53. The Morgan fingerprint density at radius 1 is 1.07 bits per heavy atom. The number of piperazine rings is 1. The Morgan fingerprint density at radius 3 is 2.44 bits per heavy atom. The summed E-state index contributed by atoms with van der Waals surface area (Å²) in [6.07, 6.45) is 0.348. The number of nitrogens with two attached hydrogens (primary N) is 1. The van der Waals surface area contributed by atoms with Crippen molar-refractivity contribution in [3.63, 3.8) is 0 Å². The molecule has 1 aliphatic rings. The third-order valence-electron chi connectivity index (χ3n) is 7.27. The largest absolute Gasteiger partial charge is 0.338 e. The molecule has 15 heteroatoms. The topological polar surface area (TPSA) is 127 Å². The van der Waals surface area contributed by atoms with Crippen molar-refractivity contribution < 1.29 is 27.2 Å². The van der Waals surface area contributed by atoms with Crippen molar-refractivity contribution in [2.75, 3.05) is 31.5 Å². The van der Waals surface area contributed by atoms with E-state index in [0.717, 1.165) is 16.4 Å². The van der Waals surface area contributed by atoms with Gasteiger partial charge in [-0.05, 0) is 37.1 Å². The number of carbonyl (C=O) groups is 2. The van der Waals surface area contributed by atoms with Gasteiger partial charge in [-0.2, -0.15) is 5.10 Å². The first-order valence-corrected chi connectivity index (χ1v) is 13.8. The Bertz CT molecular complexity index is 1630. The Morgan fingerprint density at radius 2 is 1.79 bits per heavy atom. The highest BCUT2D eigenvalue weighted by atomic mass is 19.3. The molecule has 1 saturated heterocycles. The van der Waals surface area contributed by atoms with E-state index in [1.165, 1.54) is 23.0 Å². The van der Waals surface area contributed by atoms with Gasteiger partial charge in [-0.15, -0.1) is 0 Å². The van der Waals surface area contributed by atoms with E-state index >= 15 is 0 Å². The van der Waals surface area contributed by atoms with Gasteiger partial charge < -0.3 is 20.9 Å². The van der Waals surface area contributed by atoms with Crippen LogP contribution in [0.25, 0.3) is 16.9 Å². The zero-order chi connectivity index (χ0) is 30.8. The van der Waals surface area contributed by atoms with Gasteiger partial charge in [-0.3, -0.25) is 18.7 Å². The number of imidazole rings is 1. The second kappa shape index (κ2) is 12.4. The number of aromatic nitrogens is 5. The van der Waals surface area contributed by atoms with E-state index in [-0.39, 0.29) is 23.1 Å².